The average Bonchev–Trinajstić information content (AvgIpc) is 3.25. The van der Waals surface area contributed by atoms with Crippen molar-refractivity contribution < 1.29 is 8.42 Å². The molecule has 0 saturated carbocycles. The largest absolute Gasteiger partial charge is 0.371 e. The third-order valence-corrected chi connectivity index (χ3v) is 8.55. The summed E-state index contributed by atoms with van der Waals surface area (Å²) in [5.41, 5.74) is 4.17. The van der Waals surface area contributed by atoms with E-state index in [0.717, 1.165) is 61.3 Å². The smallest absolute Gasteiger partial charge is 0.268 e. The van der Waals surface area contributed by atoms with Gasteiger partial charge in [0.15, 0.2) is 0 Å². The van der Waals surface area contributed by atoms with Crippen LogP contribution in [0, 0.1) is 0 Å². The molecule has 0 N–H and O–H groups in total. The predicted molar refractivity (Wildman–Crippen MR) is 132 cm³/mol. The zero-order valence-corrected chi connectivity index (χ0v) is 19.5. The lowest BCUT2D eigenvalue weighted by molar-refractivity contribution is 0.319. The maximum absolute atomic E-state index is 13.7. The minimum absolute atomic E-state index is 0.321. The first-order valence-corrected chi connectivity index (χ1v) is 13.1. The first-order chi connectivity index (χ1) is 15.6. The van der Waals surface area contributed by atoms with Crippen LogP contribution in [0.2, 0.25) is 0 Å². The summed E-state index contributed by atoms with van der Waals surface area (Å²) in [6.45, 7) is 7.19. The van der Waals surface area contributed by atoms with E-state index in [1.807, 2.05) is 12.3 Å². The van der Waals surface area contributed by atoms with Crippen molar-refractivity contribution in [3.05, 3.63) is 66.4 Å². The van der Waals surface area contributed by atoms with Crippen LogP contribution in [0.25, 0.3) is 16.5 Å². The van der Waals surface area contributed by atoms with Crippen LogP contribution in [-0.2, 0) is 10.0 Å². The van der Waals surface area contributed by atoms with Gasteiger partial charge in [-0.05, 0) is 62.1 Å². The molecule has 32 heavy (non-hydrogen) atoms. The van der Waals surface area contributed by atoms with Crippen molar-refractivity contribution in [2.45, 2.75) is 37.5 Å². The number of benzene rings is 2. The summed E-state index contributed by atoms with van der Waals surface area (Å²) in [6, 6.07) is 15.1. The molecule has 1 fully saturated rings. The lowest BCUT2D eigenvalue weighted by atomic mass is 9.98. The zero-order valence-electron chi connectivity index (χ0n) is 18.7. The third kappa shape index (κ3) is 3.86. The van der Waals surface area contributed by atoms with Crippen molar-refractivity contribution in [3.8, 4) is 0 Å². The molecule has 3 heterocycles. The van der Waals surface area contributed by atoms with Crippen LogP contribution in [0.15, 0.2) is 65.7 Å². The summed E-state index contributed by atoms with van der Waals surface area (Å²) < 4.78 is 28.8. The van der Waals surface area contributed by atoms with E-state index >= 15 is 0 Å². The van der Waals surface area contributed by atoms with Crippen LogP contribution in [0.4, 0.5) is 5.69 Å². The second-order valence-electron chi connectivity index (χ2n) is 8.78. The number of rotatable bonds is 5. The molecule has 3 aromatic rings. The molecule has 5 rings (SSSR count). The van der Waals surface area contributed by atoms with Crippen molar-refractivity contribution in [1.82, 2.24) is 8.87 Å². The standard InChI is InChI=1S/C26H31N3O2S/c1-2-27-17-13-21(14-18-27)25-20-29(32(30,31)23-9-5-3-6-10-23)26-19-22(11-12-24(25)26)28-15-7-4-8-16-28/h3,5-6,9-13,19-20H,2,4,7-8,14-18H2,1H3. The Morgan fingerprint density at radius 3 is 2.41 bits per heavy atom. The Morgan fingerprint density at radius 1 is 0.938 bits per heavy atom. The summed E-state index contributed by atoms with van der Waals surface area (Å²) in [5.74, 6) is 0. The number of hydrogen-bond acceptors (Lipinski definition) is 4. The molecule has 0 amide bonds. The molecule has 1 aromatic heterocycles. The second kappa shape index (κ2) is 8.75. The molecule has 1 saturated heterocycles. The molecule has 0 unspecified atom stereocenters. The summed E-state index contributed by atoms with van der Waals surface area (Å²) >= 11 is 0. The Balaban J connectivity index is 1.66. The highest BCUT2D eigenvalue weighted by molar-refractivity contribution is 7.90. The number of hydrogen-bond donors (Lipinski definition) is 0. The van der Waals surface area contributed by atoms with Crippen molar-refractivity contribution in [2.75, 3.05) is 37.6 Å². The Hall–Kier alpha value is -2.57. The van der Waals surface area contributed by atoms with Crippen molar-refractivity contribution in [2.24, 2.45) is 0 Å². The molecule has 0 aliphatic carbocycles. The van der Waals surface area contributed by atoms with Gasteiger partial charge in [0, 0.05) is 49.0 Å². The van der Waals surface area contributed by atoms with E-state index in [0.29, 0.717) is 4.90 Å². The summed E-state index contributed by atoms with van der Waals surface area (Å²) in [6.07, 6.45) is 8.69. The average molecular weight is 450 g/mol. The van der Waals surface area contributed by atoms with E-state index in [1.54, 1.807) is 24.3 Å². The van der Waals surface area contributed by atoms with E-state index < -0.39 is 10.0 Å². The molecule has 0 spiro atoms. The van der Waals surface area contributed by atoms with Crippen molar-refractivity contribution in [1.29, 1.82) is 0 Å². The Labute approximate surface area is 191 Å². The first-order valence-electron chi connectivity index (χ1n) is 11.7. The number of fused-ring (bicyclic) bond motifs is 1. The maximum atomic E-state index is 13.7. The molecule has 168 valence electrons. The third-order valence-electron chi connectivity index (χ3n) is 6.86. The van der Waals surface area contributed by atoms with E-state index in [4.69, 9.17) is 0 Å². The van der Waals surface area contributed by atoms with E-state index in [1.165, 1.54) is 28.8 Å². The van der Waals surface area contributed by atoms with Crippen LogP contribution in [0.1, 0.15) is 38.2 Å². The Kier molecular flexibility index (Phi) is 5.82. The molecule has 0 radical (unpaired) electrons. The van der Waals surface area contributed by atoms with Gasteiger partial charge >= 0.3 is 0 Å². The molecule has 0 atom stereocenters. The highest BCUT2D eigenvalue weighted by Crippen LogP contribution is 2.35. The molecule has 2 aromatic carbocycles. The van der Waals surface area contributed by atoms with Gasteiger partial charge in [-0.3, -0.25) is 4.90 Å². The molecule has 0 bridgehead atoms. The van der Waals surface area contributed by atoms with Gasteiger partial charge in [-0.15, -0.1) is 0 Å². The van der Waals surface area contributed by atoms with Crippen LogP contribution >= 0.6 is 0 Å². The molecule has 2 aliphatic heterocycles. The molecular weight excluding hydrogens is 418 g/mol. The van der Waals surface area contributed by atoms with Crippen molar-refractivity contribution in [3.63, 3.8) is 0 Å². The van der Waals surface area contributed by atoms with Crippen LogP contribution in [-0.4, -0.2) is 50.0 Å². The lowest BCUT2D eigenvalue weighted by Gasteiger charge is -2.29. The van der Waals surface area contributed by atoms with Crippen LogP contribution < -0.4 is 4.90 Å². The van der Waals surface area contributed by atoms with Crippen molar-refractivity contribution >= 4 is 32.2 Å². The monoisotopic (exact) mass is 449 g/mol. The maximum Gasteiger partial charge on any atom is 0.268 e. The molecule has 2 aliphatic rings. The highest BCUT2D eigenvalue weighted by Gasteiger charge is 2.24. The minimum atomic E-state index is -3.69. The van der Waals surface area contributed by atoms with Crippen LogP contribution in [0.5, 0.6) is 0 Å². The fraction of sp³-hybridized carbons (Fsp3) is 0.385. The lowest BCUT2D eigenvalue weighted by Crippen LogP contribution is -2.29. The van der Waals surface area contributed by atoms with Crippen LogP contribution in [0.3, 0.4) is 0 Å². The van der Waals surface area contributed by atoms with Gasteiger partial charge < -0.3 is 4.90 Å². The Bertz CT molecular complexity index is 1240. The number of aromatic nitrogens is 1. The number of nitrogens with zero attached hydrogens (tertiary/aromatic N) is 3. The molecular formula is C26H31N3O2S. The normalized spacial score (nSPS) is 18.2. The Morgan fingerprint density at radius 2 is 1.72 bits per heavy atom. The van der Waals surface area contributed by atoms with Gasteiger partial charge in [0.25, 0.3) is 10.0 Å². The summed E-state index contributed by atoms with van der Waals surface area (Å²) in [7, 11) is -3.69. The minimum Gasteiger partial charge on any atom is -0.371 e. The predicted octanol–water partition coefficient (Wildman–Crippen LogP) is 4.98. The zero-order chi connectivity index (χ0) is 22.1. The summed E-state index contributed by atoms with van der Waals surface area (Å²) in [4.78, 5) is 5.10. The van der Waals surface area contributed by atoms with Gasteiger partial charge in [-0.25, -0.2) is 12.4 Å². The number of likely N-dealkylation sites (N-methyl/N-ethyl adjacent to an activating group) is 1. The van der Waals surface area contributed by atoms with Gasteiger partial charge in [0.1, 0.15) is 0 Å². The van der Waals surface area contributed by atoms with Gasteiger partial charge in [0.05, 0.1) is 10.4 Å². The fourth-order valence-corrected chi connectivity index (χ4v) is 6.32. The van der Waals surface area contributed by atoms with E-state index in [2.05, 4.69) is 41.0 Å². The first kappa shape index (κ1) is 21.3. The van der Waals surface area contributed by atoms with Gasteiger partial charge in [-0.1, -0.05) is 37.3 Å². The van der Waals surface area contributed by atoms with E-state index in [-0.39, 0.29) is 0 Å². The molecule has 6 heteroatoms. The second-order valence-corrected chi connectivity index (χ2v) is 10.6. The highest BCUT2D eigenvalue weighted by atomic mass is 32.2. The SMILES string of the molecule is CCN1CC=C(c2cn(S(=O)(=O)c3ccccc3)c3cc(N4CCCCC4)ccc23)CC1. The van der Waals surface area contributed by atoms with E-state index in [9.17, 15) is 8.42 Å². The molecule has 5 nitrogen and oxygen atoms in total. The van der Waals surface area contributed by atoms with Gasteiger partial charge in [0.2, 0.25) is 0 Å². The number of piperidine rings is 1. The van der Waals surface area contributed by atoms with Gasteiger partial charge in [-0.2, -0.15) is 0 Å². The quantitative estimate of drug-likeness (QED) is 0.551. The fourth-order valence-electron chi connectivity index (χ4n) is 4.94. The summed E-state index contributed by atoms with van der Waals surface area (Å²) in [5, 5.41) is 1.02. The number of anilines is 1. The topological polar surface area (TPSA) is 45.6 Å².